The van der Waals surface area contributed by atoms with E-state index >= 15 is 0 Å². The molecule has 0 saturated heterocycles. The Hall–Kier alpha value is 0.526. The molecule has 1 N–H and O–H groups in total. The SMILES string of the molecule is O=CO.[CH2-]CC.[Cl-].[Mg+2]. The minimum absolute atomic E-state index is 0. The first-order valence-electron chi connectivity index (χ1n) is 1.70. The molecular formula is C4H9ClMgO2. The Morgan fingerprint density at radius 1 is 1.75 bits per heavy atom. The van der Waals surface area contributed by atoms with Crippen LogP contribution in [0.2, 0.25) is 0 Å². The Morgan fingerprint density at radius 2 is 1.75 bits per heavy atom. The quantitative estimate of drug-likeness (QED) is 0.236. The molecule has 0 unspecified atom stereocenters. The van der Waals surface area contributed by atoms with Crippen molar-refractivity contribution in [2.45, 2.75) is 13.3 Å². The summed E-state index contributed by atoms with van der Waals surface area (Å²) < 4.78 is 0. The van der Waals surface area contributed by atoms with Gasteiger partial charge in [0.2, 0.25) is 0 Å². The summed E-state index contributed by atoms with van der Waals surface area (Å²) in [6, 6.07) is 0. The van der Waals surface area contributed by atoms with Crippen LogP contribution in [0.25, 0.3) is 0 Å². The predicted octanol–water partition coefficient (Wildman–Crippen LogP) is -2.45. The topological polar surface area (TPSA) is 37.3 Å². The van der Waals surface area contributed by atoms with Gasteiger partial charge in [0.15, 0.2) is 0 Å². The van der Waals surface area contributed by atoms with Crippen molar-refractivity contribution in [1.82, 2.24) is 0 Å². The molecule has 0 amide bonds. The normalized spacial score (nSPS) is 3.75. The van der Waals surface area contributed by atoms with Crippen molar-refractivity contribution >= 4 is 29.5 Å². The third-order valence-corrected chi connectivity index (χ3v) is 0. The van der Waals surface area contributed by atoms with E-state index in [1.807, 2.05) is 6.92 Å². The van der Waals surface area contributed by atoms with Crippen LogP contribution < -0.4 is 12.4 Å². The van der Waals surface area contributed by atoms with E-state index in [0.29, 0.717) is 0 Å². The van der Waals surface area contributed by atoms with Gasteiger partial charge in [-0.3, -0.25) is 4.79 Å². The van der Waals surface area contributed by atoms with Crippen molar-refractivity contribution < 1.29 is 22.3 Å². The molecule has 4 heteroatoms. The molecule has 46 valence electrons. The van der Waals surface area contributed by atoms with Crippen LogP contribution in [0.1, 0.15) is 13.3 Å². The number of halogens is 1. The monoisotopic (exact) mass is 148 g/mol. The molecule has 0 spiro atoms. The van der Waals surface area contributed by atoms with Crippen LogP contribution in [0.5, 0.6) is 0 Å². The first-order valence-corrected chi connectivity index (χ1v) is 1.70. The first kappa shape index (κ1) is 23.6. The number of hydrogen-bond acceptors (Lipinski definition) is 1. The van der Waals surface area contributed by atoms with E-state index in [-0.39, 0.29) is 41.9 Å². The van der Waals surface area contributed by atoms with E-state index in [0.717, 1.165) is 6.42 Å². The van der Waals surface area contributed by atoms with E-state index in [4.69, 9.17) is 9.90 Å². The molecule has 0 atom stereocenters. The van der Waals surface area contributed by atoms with Gasteiger partial charge in [-0.2, -0.15) is 6.42 Å². The summed E-state index contributed by atoms with van der Waals surface area (Å²) in [5.74, 6) is 0. The zero-order valence-corrected chi connectivity index (χ0v) is 7.10. The molecule has 0 aromatic carbocycles. The van der Waals surface area contributed by atoms with Crippen LogP contribution in [0.3, 0.4) is 0 Å². The van der Waals surface area contributed by atoms with E-state index in [9.17, 15) is 0 Å². The minimum Gasteiger partial charge on any atom is -1.00 e. The molecule has 0 bridgehead atoms. The third-order valence-electron chi connectivity index (χ3n) is 0. The van der Waals surface area contributed by atoms with Crippen LogP contribution in [-0.2, 0) is 4.79 Å². The second kappa shape index (κ2) is 50.2. The summed E-state index contributed by atoms with van der Waals surface area (Å²) in [5.41, 5.74) is 0. The zero-order chi connectivity index (χ0) is 5.41. The van der Waals surface area contributed by atoms with Crippen LogP contribution in [0, 0.1) is 6.92 Å². The molecule has 0 heterocycles. The van der Waals surface area contributed by atoms with Gasteiger partial charge in [0.25, 0.3) is 6.47 Å². The maximum absolute atomic E-state index is 8.36. The zero-order valence-electron chi connectivity index (χ0n) is 4.93. The maximum atomic E-state index is 8.36. The summed E-state index contributed by atoms with van der Waals surface area (Å²) in [4.78, 5) is 8.36. The molecule has 0 fully saturated rings. The number of carboxylic acid groups (broad SMARTS) is 1. The summed E-state index contributed by atoms with van der Waals surface area (Å²) in [7, 11) is 0. The molecule has 0 aliphatic carbocycles. The molecule has 0 aromatic heterocycles. The largest absolute Gasteiger partial charge is 2.00 e. The average Bonchev–Trinajstić information content (AvgIpc) is 1.39. The van der Waals surface area contributed by atoms with E-state index in [2.05, 4.69) is 6.92 Å². The fourth-order valence-electron chi connectivity index (χ4n) is 0. The molecule has 0 radical (unpaired) electrons. The Kier molecular flexibility index (Phi) is 148. The molecular weight excluding hydrogens is 140 g/mol. The second-order valence-corrected chi connectivity index (χ2v) is 0.605. The molecule has 0 aliphatic heterocycles. The fourth-order valence-corrected chi connectivity index (χ4v) is 0. The Morgan fingerprint density at radius 3 is 1.75 bits per heavy atom. The van der Waals surface area contributed by atoms with Crippen LogP contribution >= 0.6 is 0 Å². The van der Waals surface area contributed by atoms with Crippen LogP contribution in [0.4, 0.5) is 0 Å². The molecule has 0 rings (SSSR count). The number of hydrogen-bond donors (Lipinski definition) is 1. The minimum atomic E-state index is -0.250. The standard InChI is InChI=1S/C3H7.CH2O2.ClH.Mg/c1-3-2;2-1-3;;/h1,3H2,2H3;1H,(H,2,3);1H;/q-1;;;+2/p-1. The fraction of sp³-hybridized carbons (Fsp3) is 0.500. The summed E-state index contributed by atoms with van der Waals surface area (Å²) in [6.07, 6.45) is 1.00. The molecule has 0 aliphatic rings. The van der Waals surface area contributed by atoms with Gasteiger partial charge in [-0.1, -0.05) is 6.92 Å². The van der Waals surface area contributed by atoms with E-state index in [1.165, 1.54) is 0 Å². The van der Waals surface area contributed by atoms with Gasteiger partial charge in [0.1, 0.15) is 0 Å². The average molecular weight is 149 g/mol. The van der Waals surface area contributed by atoms with Gasteiger partial charge in [-0.05, 0) is 0 Å². The first-order chi connectivity index (χ1) is 2.83. The van der Waals surface area contributed by atoms with Gasteiger partial charge in [0, 0.05) is 0 Å². The van der Waals surface area contributed by atoms with Crippen molar-refractivity contribution in [2.24, 2.45) is 0 Å². The van der Waals surface area contributed by atoms with Crippen molar-refractivity contribution in [3.63, 3.8) is 0 Å². The molecule has 2 nitrogen and oxygen atoms in total. The van der Waals surface area contributed by atoms with Crippen LogP contribution in [0.15, 0.2) is 0 Å². The predicted molar refractivity (Wildman–Crippen MR) is 30.1 cm³/mol. The molecule has 0 saturated carbocycles. The Bertz CT molecular complexity index is 28.0. The smallest absolute Gasteiger partial charge is 1.00 e. The van der Waals surface area contributed by atoms with Crippen LogP contribution in [-0.4, -0.2) is 34.6 Å². The van der Waals surface area contributed by atoms with Gasteiger partial charge in [-0.15, -0.1) is 0 Å². The molecule has 0 aromatic rings. The summed E-state index contributed by atoms with van der Waals surface area (Å²) in [6.45, 7) is 5.25. The van der Waals surface area contributed by atoms with Crippen molar-refractivity contribution in [3.05, 3.63) is 6.92 Å². The summed E-state index contributed by atoms with van der Waals surface area (Å²) in [5, 5.41) is 6.89. The van der Waals surface area contributed by atoms with Gasteiger partial charge in [0.05, 0.1) is 0 Å². The number of rotatable bonds is 0. The van der Waals surface area contributed by atoms with Crippen molar-refractivity contribution in [2.75, 3.05) is 0 Å². The number of carbonyl (C=O) groups is 1. The third kappa shape index (κ3) is 720. The van der Waals surface area contributed by atoms with Gasteiger partial charge < -0.3 is 24.4 Å². The Balaban J connectivity index is -0.0000000160. The van der Waals surface area contributed by atoms with Crippen molar-refractivity contribution in [1.29, 1.82) is 0 Å². The Labute approximate surface area is 72.2 Å². The van der Waals surface area contributed by atoms with E-state index < -0.39 is 0 Å². The van der Waals surface area contributed by atoms with Gasteiger partial charge in [-0.25, -0.2) is 0 Å². The van der Waals surface area contributed by atoms with Gasteiger partial charge >= 0.3 is 23.1 Å². The molecule has 8 heavy (non-hydrogen) atoms. The summed E-state index contributed by atoms with van der Waals surface area (Å²) >= 11 is 0. The van der Waals surface area contributed by atoms with E-state index in [1.54, 1.807) is 0 Å². The maximum Gasteiger partial charge on any atom is 2.00 e. The second-order valence-electron chi connectivity index (χ2n) is 0.605. The van der Waals surface area contributed by atoms with Crippen molar-refractivity contribution in [3.8, 4) is 0 Å².